The first kappa shape index (κ1) is 38.8. The van der Waals surface area contributed by atoms with E-state index in [9.17, 15) is 37.8 Å². The molecule has 1 N–H and O–H groups in total. The van der Waals surface area contributed by atoms with Crippen LogP contribution in [0.25, 0.3) is 0 Å². The van der Waals surface area contributed by atoms with Crippen molar-refractivity contribution in [1.82, 2.24) is 0 Å². The van der Waals surface area contributed by atoms with Crippen molar-refractivity contribution in [2.45, 2.75) is 33.3 Å². The number of nitrogens with zero attached hydrogens (tertiary/aromatic N) is 4. The molecule has 200 valence electrons. The van der Waals surface area contributed by atoms with Gasteiger partial charge in [-0.15, -0.1) is 0 Å². The Bertz CT molecular complexity index is 1250. The maximum absolute atomic E-state index is 12.0. The van der Waals surface area contributed by atoms with Crippen LogP contribution < -0.4 is 39.4 Å². The van der Waals surface area contributed by atoms with Crippen LogP contribution in [0.3, 0.4) is 0 Å². The summed E-state index contributed by atoms with van der Waals surface area (Å²) in [5.74, 6) is -3.17. The summed E-state index contributed by atoms with van der Waals surface area (Å²) in [5, 5.41) is 52.0. The van der Waals surface area contributed by atoms with Crippen LogP contribution in [0.15, 0.2) is 24.3 Å². The van der Waals surface area contributed by atoms with Gasteiger partial charge in [-0.1, -0.05) is 7.43 Å². The first-order chi connectivity index (χ1) is 16.5. The molecule has 0 unspecified atom stereocenters. The molecule has 0 bridgehead atoms. The number of benzene rings is 2. The molecule has 0 aliphatic rings. The molecule has 0 radical (unpaired) electrons. The van der Waals surface area contributed by atoms with Gasteiger partial charge in [-0.25, -0.2) is 0 Å². The van der Waals surface area contributed by atoms with E-state index in [0.29, 0.717) is 5.56 Å². The number of alkyl halides is 5. The number of nitro benzene ring substituents is 2. The monoisotopic (exact) mass is 574 g/mol. The summed E-state index contributed by atoms with van der Waals surface area (Å²) in [7, 11) is 0. The second-order valence-electron chi connectivity index (χ2n) is 6.19. The molecule has 0 amide bonds. The van der Waals surface area contributed by atoms with Crippen molar-refractivity contribution in [3.63, 3.8) is 0 Å². The van der Waals surface area contributed by atoms with Crippen molar-refractivity contribution in [1.29, 1.82) is 10.5 Å². The molecule has 0 atom stereocenters. The Balaban J connectivity index is -0.000000504. The first-order valence-corrected chi connectivity index (χ1v) is 9.14. The van der Waals surface area contributed by atoms with E-state index in [-0.39, 0.29) is 76.5 Å². The zero-order chi connectivity index (χ0) is 28.4. The minimum atomic E-state index is -4.22. The van der Waals surface area contributed by atoms with E-state index in [2.05, 4.69) is 16.3 Å². The Hall–Kier alpha value is -3.70. The average Bonchev–Trinajstić information content (AvgIpc) is 2.73. The molecular formula is C20H16ClF4N4NaO8. The minimum Gasteiger partial charge on any atom is -0.543 e. The number of phenols is 1. The fourth-order valence-corrected chi connectivity index (χ4v) is 2.12. The van der Waals surface area contributed by atoms with Crippen LogP contribution in [0.1, 0.15) is 29.7 Å². The molecule has 0 aliphatic heterocycles. The topological polar surface area (TPSA) is 203 Å². The maximum Gasteiger partial charge on any atom is 1.00 e. The predicted molar refractivity (Wildman–Crippen MR) is 116 cm³/mol. The Labute approximate surface area is 239 Å². The molecule has 38 heavy (non-hydrogen) atoms. The number of hydrogen-bond donors (Lipinski definition) is 1. The molecule has 2 aromatic rings. The van der Waals surface area contributed by atoms with Gasteiger partial charge in [0.2, 0.25) is 0 Å². The number of hydrogen-bond acceptors (Lipinski definition) is 10. The van der Waals surface area contributed by atoms with Crippen LogP contribution in [-0.4, -0.2) is 32.9 Å². The molecule has 12 nitrogen and oxygen atoms in total. The molecule has 0 saturated heterocycles. The Morgan fingerprint density at radius 3 is 1.71 bits per heavy atom. The predicted octanol–water partition coefficient (Wildman–Crippen LogP) is 1.06. The van der Waals surface area contributed by atoms with Crippen LogP contribution in [-0.2, 0) is 4.79 Å². The van der Waals surface area contributed by atoms with Gasteiger partial charge in [0, 0.05) is 23.3 Å². The number of phenolic OH excluding ortho intramolecular Hbond substituents is 1. The number of ether oxygens (including phenoxy) is 1. The fourth-order valence-electron chi connectivity index (χ4n) is 2.12. The zero-order valence-electron chi connectivity index (χ0n) is 18.9. The number of aryl methyl sites for hydroxylation is 2. The number of aromatic hydroxyl groups is 1. The van der Waals surface area contributed by atoms with Gasteiger partial charge in [-0.3, -0.25) is 20.2 Å². The van der Waals surface area contributed by atoms with Crippen molar-refractivity contribution >= 4 is 28.9 Å². The third-order valence-electron chi connectivity index (χ3n) is 3.69. The van der Waals surface area contributed by atoms with Gasteiger partial charge >= 0.3 is 41.6 Å². The van der Waals surface area contributed by atoms with Crippen molar-refractivity contribution in [3.05, 3.63) is 66.7 Å². The third-order valence-corrected chi connectivity index (χ3v) is 3.85. The molecule has 0 aromatic heterocycles. The second kappa shape index (κ2) is 16.9. The van der Waals surface area contributed by atoms with Gasteiger partial charge < -0.3 is 19.7 Å². The number of aliphatic carboxylic acids is 1. The summed E-state index contributed by atoms with van der Waals surface area (Å²) < 4.78 is 49.9. The third kappa shape index (κ3) is 12.5. The molecule has 18 heteroatoms. The van der Waals surface area contributed by atoms with Crippen LogP contribution in [0, 0.1) is 56.7 Å². The van der Waals surface area contributed by atoms with Crippen LogP contribution in [0.5, 0.6) is 11.5 Å². The van der Waals surface area contributed by atoms with Gasteiger partial charge in [0.25, 0.3) is 11.4 Å². The van der Waals surface area contributed by atoms with Gasteiger partial charge in [-0.05, 0) is 37.6 Å². The van der Waals surface area contributed by atoms with Crippen molar-refractivity contribution in [3.8, 4) is 23.6 Å². The number of nitro groups is 2. The second-order valence-corrected chi connectivity index (χ2v) is 6.67. The standard InChI is InChI=1S/C9H6F2N2O3.C8H6N2O3.C2HClF2O2.CH4.Na/c1-5-2-8(16-9(10)11)6(4-12)3-7(5)13(14)15;1-5-2-8(11)6(4-9)3-7(5)10(12)13;3-2(4,5)1(6)7;;/h2-3,9H,1H3;2-3,11H,1H3;(H,6,7);1H4;/q;;;;+1/p-1. The molecule has 0 fully saturated rings. The largest absolute Gasteiger partial charge is 1.00 e. The van der Waals surface area contributed by atoms with Gasteiger partial charge in [0.15, 0.2) is 0 Å². The van der Waals surface area contributed by atoms with E-state index in [0.717, 1.165) is 18.2 Å². The Morgan fingerprint density at radius 1 is 1.03 bits per heavy atom. The molecule has 0 saturated carbocycles. The maximum atomic E-state index is 12.0. The smallest absolute Gasteiger partial charge is 0.543 e. The minimum absolute atomic E-state index is 0. The quantitative estimate of drug-likeness (QED) is 0.177. The molecule has 2 aromatic carbocycles. The summed E-state index contributed by atoms with van der Waals surface area (Å²) in [6.07, 6.45) is 0. The number of carbonyl (C=O) groups is 1. The van der Waals surface area contributed by atoms with Crippen LogP contribution in [0.2, 0.25) is 0 Å². The van der Waals surface area contributed by atoms with Crippen molar-refractivity contribution in [2.24, 2.45) is 0 Å². The van der Waals surface area contributed by atoms with E-state index in [1.54, 1.807) is 12.1 Å². The van der Waals surface area contributed by atoms with Crippen LogP contribution in [0.4, 0.5) is 28.9 Å². The fraction of sp³-hybridized carbons (Fsp3) is 0.250. The van der Waals surface area contributed by atoms with Crippen molar-refractivity contribution in [2.75, 3.05) is 0 Å². The summed E-state index contributed by atoms with van der Waals surface area (Å²) in [6, 6.07) is 7.44. The van der Waals surface area contributed by atoms with E-state index in [1.165, 1.54) is 19.9 Å². The summed E-state index contributed by atoms with van der Waals surface area (Å²) in [4.78, 5) is 28.7. The summed E-state index contributed by atoms with van der Waals surface area (Å²) in [5.41, 5.74) is -0.358. The van der Waals surface area contributed by atoms with E-state index < -0.39 is 27.8 Å². The number of carboxylic acid groups (broad SMARTS) is 1. The normalized spacial score (nSPS) is 9.42. The zero-order valence-corrected chi connectivity index (χ0v) is 21.6. The van der Waals surface area contributed by atoms with Gasteiger partial charge in [0.05, 0.1) is 9.85 Å². The summed E-state index contributed by atoms with van der Waals surface area (Å²) in [6.45, 7) is -0.204. The van der Waals surface area contributed by atoms with E-state index in [4.69, 9.17) is 25.5 Å². The van der Waals surface area contributed by atoms with Crippen molar-refractivity contribution < 1.29 is 76.7 Å². The summed E-state index contributed by atoms with van der Waals surface area (Å²) >= 11 is 3.87. The number of halogens is 5. The molecule has 0 heterocycles. The van der Waals surface area contributed by atoms with Gasteiger partial charge in [0.1, 0.15) is 40.7 Å². The number of rotatable bonds is 5. The Morgan fingerprint density at radius 2 is 1.39 bits per heavy atom. The molecular weight excluding hydrogens is 559 g/mol. The molecule has 0 aliphatic carbocycles. The van der Waals surface area contributed by atoms with Gasteiger partial charge in [-0.2, -0.15) is 28.1 Å². The average molecular weight is 575 g/mol. The first-order valence-electron chi connectivity index (χ1n) is 8.76. The van der Waals surface area contributed by atoms with Crippen LogP contribution >= 0.6 is 11.6 Å². The number of nitriles is 2. The SMILES string of the molecule is C.Cc1cc(O)c(C#N)cc1[N+](=O)[O-].Cc1cc(OC(F)F)c(C#N)cc1[N+](=O)[O-].O=C([O-])C(F)(F)Cl.[Na+]. The molecule has 2 rings (SSSR count). The number of carbonyl (C=O) groups excluding carboxylic acids is 1. The van der Waals surface area contributed by atoms with E-state index >= 15 is 0 Å². The van der Waals surface area contributed by atoms with E-state index in [1.807, 2.05) is 0 Å². The molecule has 0 spiro atoms. The number of carboxylic acids is 1. The Kier molecular flexibility index (Phi) is 17.3.